The number of nitrogens with zero attached hydrogens (tertiary/aromatic N) is 1. The second-order valence-corrected chi connectivity index (χ2v) is 5.67. The Labute approximate surface area is 152 Å². The summed E-state index contributed by atoms with van der Waals surface area (Å²) in [4.78, 5) is 22.0. The summed E-state index contributed by atoms with van der Waals surface area (Å²) in [5.41, 5.74) is 0.437. The van der Waals surface area contributed by atoms with E-state index in [1.807, 2.05) is 6.07 Å². The first kappa shape index (κ1) is 19.2. The maximum Gasteiger partial charge on any atom is 0.269 e. The number of carbonyl (C=O) groups excluding carboxylic acids is 1. The highest BCUT2D eigenvalue weighted by Crippen LogP contribution is 2.20. The molecule has 7 nitrogen and oxygen atoms in total. The Bertz CT molecular complexity index is 731. The number of anilines is 1. The summed E-state index contributed by atoms with van der Waals surface area (Å²) in [6, 6.07) is 12.7. The first-order valence-electron chi connectivity index (χ1n) is 8.48. The predicted octanol–water partition coefficient (Wildman–Crippen LogP) is 4.18. The number of unbranched alkanes of at least 4 members (excludes halogenated alkanes) is 2. The van der Waals surface area contributed by atoms with Gasteiger partial charge in [0.1, 0.15) is 11.5 Å². The summed E-state index contributed by atoms with van der Waals surface area (Å²) < 4.78 is 11.1. The molecular formula is C19H22N2O5. The van der Waals surface area contributed by atoms with E-state index in [9.17, 15) is 14.9 Å². The molecule has 26 heavy (non-hydrogen) atoms. The van der Waals surface area contributed by atoms with Gasteiger partial charge in [-0.2, -0.15) is 0 Å². The van der Waals surface area contributed by atoms with Crippen LogP contribution in [0.2, 0.25) is 0 Å². The molecule has 0 saturated carbocycles. The number of ether oxygens (including phenoxy) is 2. The lowest BCUT2D eigenvalue weighted by atomic mass is 10.3. The van der Waals surface area contributed by atoms with Crippen molar-refractivity contribution in [3.8, 4) is 11.5 Å². The van der Waals surface area contributed by atoms with Crippen molar-refractivity contribution in [1.82, 2.24) is 0 Å². The minimum atomic E-state index is -0.494. The zero-order valence-electron chi connectivity index (χ0n) is 14.6. The summed E-state index contributed by atoms with van der Waals surface area (Å²) in [6.45, 7) is 2.62. The van der Waals surface area contributed by atoms with Gasteiger partial charge in [-0.05, 0) is 30.7 Å². The smallest absolute Gasteiger partial charge is 0.269 e. The molecule has 0 aliphatic carbocycles. The van der Waals surface area contributed by atoms with Crippen LogP contribution in [-0.4, -0.2) is 24.0 Å². The van der Waals surface area contributed by atoms with E-state index in [-0.39, 0.29) is 18.2 Å². The summed E-state index contributed by atoms with van der Waals surface area (Å²) in [5, 5.41) is 13.2. The van der Waals surface area contributed by atoms with Crippen LogP contribution in [0.4, 0.5) is 11.4 Å². The van der Waals surface area contributed by atoms with Gasteiger partial charge >= 0.3 is 0 Å². The van der Waals surface area contributed by atoms with Gasteiger partial charge in [0.05, 0.1) is 11.5 Å². The Morgan fingerprint density at radius 1 is 1.08 bits per heavy atom. The van der Waals surface area contributed by atoms with Crippen molar-refractivity contribution in [1.29, 1.82) is 0 Å². The minimum Gasteiger partial charge on any atom is -0.493 e. The highest BCUT2D eigenvalue weighted by molar-refractivity contribution is 5.91. The van der Waals surface area contributed by atoms with Crippen molar-refractivity contribution in [2.45, 2.75) is 26.2 Å². The maximum absolute atomic E-state index is 11.9. The van der Waals surface area contributed by atoms with Crippen molar-refractivity contribution in [2.75, 3.05) is 18.5 Å². The van der Waals surface area contributed by atoms with E-state index in [2.05, 4.69) is 12.2 Å². The number of nitro groups is 1. The number of nitrogens with one attached hydrogen (secondary N) is 1. The minimum absolute atomic E-state index is 0.0324. The zero-order chi connectivity index (χ0) is 18.8. The molecule has 0 aliphatic heterocycles. The van der Waals surface area contributed by atoms with E-state index in [0.29, 0.717) is 23.8 Å². The van der Waals surface area contributed by atoms with Gasteiger partial charge in [-0.3, -0.25) is 14.9 Å². The van der Waals surface area contributed by atoms with Crippen LogP contribution >= 0.6 is 0 Å². The van der Waals surface area contributed by atoms with Crippen molar-refractivity contribution in [3.05, 3.63) is 58.6 Å². The van der Waals surface area contributed by atoms with Crippen LogP contribution in [-0.2, 0) is 4.79 Å². The van der Waals surface area contributed by atoms with Gasteiger partial charge in [0.15, 0.2) is 6.61 Å². The molecule has 138 valence electrons. The molecule has 1 N–H and O–H groups in total. The fraction of sp³-hybridized carbons (Fsp3) is 0.316. The van der Waals surface area contributed by atoms with Gasteiger partial charge in [-0.15, -0.1) is 0 Å². The molecule has 0 saturated heterocycles. The second-order valence-electron chi connectivity index (χ2n) is 5.67. The van der Waals surface area contributed by atoms with Crippen molar-refractivity contribution in [3.63, 3.8) is 0 Å². The lowest BCUT2D eigenvalue weighted by Gasteiger charge is -2.10. The topological polar surface area (TPSA) is 90.7 Å². The average molecular weight is 358 g/mol. The second kappa shape index (κ2) is 10.0. The Balaban J connectivity index is 1.80. The van der Waals surface area contributed by atoms with Crippen molar-refractivity contribution < 1.29 is 19.2 Å². The van der Waals surface area contributed by atoms with E-state index in [1.165, 1.54) is 24.3 Å². The molecule has 2 aromatic carbocycles. The molecule has 0 heterocycles. The zero-order valence-corrected chi connectivity index (χ0v) is 14.6. The number of nitro benzene ring substituents is 1. The fourth-order valence-electron chi connectivity index (χ4n) is 2.21. The van der Waals surface area contributed by atoms with Gasteiger partial charge in [-0.1, -0.05) is 25.8 Å². The first-order chi connectivity index (χ1) is 12.6. The van der Waals surface area contributed by atoms with E-state index < -0.39 is 4.92 Å². The number of benzene rings is 2. The maximum atomic E-state index is 11.9. The standard InChI is InChI=1S/C19H22N2O5/c1-2-3-4-12-25-17-6-5-7-18(13-17)26-14-19(22)20-15-8-10-16(11-9-15)21(23)24/h5-11,13H,2-4,12,14H2,1H3,(H,20,22). The number of non-ortho nitro benzene ring substituents is 1. The molecule has 0 aromatic heterocycles. The van der Waals surface area contributed by atoms with Crippen LogP contribution in [0.3, 0.4) is 0 Å². The Kier molecular flexibility index (Phi) is 7.42. The van der Waals surface area contributed by atoms with Crippen LogP contribution in [0, 0.1) is 10.1 Å². The molecular weight excluding hydrogens is 336 g/mol. The van der Waals surface area contributed by atoms with E-state index in [4.69, 9.17) is 9.47 Å². The molecule has 0 spiro atoms. The van der Waals surface area contributed by atoms with Crippen LogP contribution < -0.4 is 14.8 Å². The number of rotatable bonds is 10. The third-order valence-electron chi connectivity index (χ3n) is 3.55. The van der Waals surface area contributed by atoms with Crippen molar-refractivity contribution >= 4 is 17.3 Å². The number of hydrogen-bond acceptors (Lipinski definition) is 5. The molecule has 0 radical (unpaired) electrons. The molecule has 2 rings (SSSR count). The van der Waals surface area contributed by atoms with E-state index in [0.717, 1.165) is 19.3 Å². The lowest BCUT2D eigenvalue weighted by Crippen LogP contribution is -2.20. The Morgan fingerprint density at radius 2 is 1.77 bits per heavy atom. The third-order valence-corrected chi connectivity index (χ3v) is 3.55. The van der Waals surface area contributed by atoms with E-state index >= 15 is 0 Å². The first-order valence-corrected chi connectivity index (χ1v) is 8.48. The summed E-state index contributed by atoms with van der Waals surface area (Å²) in [7, 11) is 0. The molecule has 7 heteroatoms. The highest BCUT2D eigenvalue weighted by atomic mass is 16.6. The van der Waals surface area contributed by atoms with Crippen LogP contribution in [0.1, 0.15) is 26.2 Å². The Hall–Kier alpha value is -3.09. The fourth-order valence-corrected chi connectivity index (χ4v) is 2.21. The number of carbonyl (C=O) groups is 1. The molecule has 0 atom stereocenters. The lowest BCUT2D eigenvalue weighted by molar-refractivity contribution is -0.384. The molecule has 0 aliphatic rings. The van der Waals surface area contributed by atoms with Crippen molar-refractivity contribution in [2.24, 2.45) is 0 Å². The molecule has 0 fully saturated rings. The molecule has 0 bridgehead atoms. The van der Waals surface area contributed by atoms with Crippen LogP contribution in [0.5, 0.6) is 11.5 Å². The summed E-state index contributed by atoms with van der Waals surface area (Å²) in [6.07, 6.45) is 3.26. The monoisotopic (exact) mass is 358 g/mol. The highest BCUT2D eigenvalue weighted by Gasteiger charge is 2.07. The molecule has 2 aromatic rings. The van der Waals surface area contributed by atoms with Crippen LogP contribution in [0.15, 0.2) is 48.5 Å². The normalized spacial score (nSPS) is 10.2. The molecule has 1 amide bonds. The van der Waals surface area contributed by atoms with Gasteiger partial charge in [0, 0.05) is 23.9 Å². The summed E-state index contributed by atoms with van der Waals surface area (Å²) >= 11 is 0. The summed E-state index contributed by atoms with van der Waals surface area (Å²) in [5.74, 6) is 0.888. The number of hydrogen-bond donors (Lipinski definition) is 1. The third kappa shape index (κ3) is 6.43. The van der Waals surface area contributed by atoms with Gasteiger partial charge in [-0.25, -0.2) is 0 Å². The van der Waals surface area contributed by atoms with Gasteiger partial charge in [0.2, 0.25) is 0 Å². The SMILES string of the molecule is CCCCCOc1cccc(OCC(=O)Nc2ccc([N+](=O)[O-])cc2)c1. The van der Waals surface area contributed by atoms with Gasteiger partial charge in [0.25, 0.3) is 11.6 Å². The van der Waals surface area contributed by atoms with E-state index in [1.54, 1.807) is 18.2 Å². The predicted molar refractivity (Wildman–Crippen MR) is 98.7 cm³/mol. The van der Waals surface area contributed by atoms with Crippen LogP contribution in [0.25, 0.3) is 0 Å². The quantitative estimate of drug-likeness (QED) is 0.391. The largest absolute Gasteiger partial charge is 0.493 e. The average Bonchev–Trinajstić information content (AvgIpc) is 2.64. The molecule has 0 unspecified atom stereocenters. The van der Waals surface area contributed by atoms with Gasteiger partial charge < -0.3 is 14.8 Å². The Morgan fingerprint density at radius 3 is 2.42 bits per heavy atom. The number of amides is 1.